The number of aliphatic carboxylic acids is 1. The van der Waals surface area contributed by atoms with Crippen LogP contribution >= 0.6 is 0 Å². The molecule has 1 amide bonds. The van der Waals surface area contributed by atoms with Gasteiger partial charge in [0.25, 0.3) is 0 Å². The number of likely N-dealkylation sites (tertiary alicyclic amines) is 1. The Morgan fingerprint density at radius 2 is 1.90 bits per heavy atom. The molecule has 10 heteroatoms. The van der Waals surface area contributed by atoms with Crippen molar-refractivity contribution in [1.82, 2.24) is 25.1 Å². The molecular formula is C20H30N6O4. The zero-order chi connectivity index (χ0) is 20.9. The van der Waals surface area contributed by atoms with E-state index in [1.165, 1.54) is 0 Å². The van der Waals surface area contributed by atoms with E-state index in [2.05, 4.69) is 25.0 Å². The Morgan fingerprint density at radius 3 is 2.57 bits per heavy atom. The molecule has 0 radical (unpaired) electrons. The molecule has 4 heterocycles. The van der Waals surface area contributed by atoms with Gasteiger partial charge in [-0.25, -0.2) is 14.8 Å². The number of nitrogens with zero attached hydrogens (tertiary/aromatic N) is 6. The van der Waals surface area contributed by atoms with Crippen molar-refractivity contribution in [3.63, 3.8) is 0 Å². The van der Waals surface area contributed by atoms with E-state index in [-0.39, 0.29) is 18.1 Å². The van der Waals surface area contributed by atoms with Crippen molar-refractivity contribution in [2.45, 2.75) is 31.8 Å². The van der Waals surface area contributed by atoms with Crippen molar-refractivity contribution in [2.24, 2.45) is 5.92 Å². The second kappa shape index (κ2) is 9.57. The lowest BCUT2D eigenvalue weighted by Crippen LogP contribution is -2.54. The molecule has 3 aliphatic rings. The Morgan fingerprint density at radius 1 is 1.13 bits per heavy atom. The van der Waals surface area contributed by atoms with Crippen LogP contribution in [0.1, 0.15) is 25.7 Å². The van der Waals surface area contributed by atoms with Crippen LogP contribution in [0.15, 0.2) is 18.5 Å². The quantitative estimate of drug-likeness (QED) is 0.692. The van der Waals surface area contributed by atoms with Gasteiger partial charge in [-0.3, -0.25) is 4.79 Å². The second-order valence-corrected chi connectivity index (χ2v) is 8.23. The Kier molecular flexibility index (Phi) is 6.63. The molecule has 10 nitrogen and oxygen atoms in total. The van der Waals surface area contributed by atoms with Crippen LogP contribution in [0.25, 0.3) is 0 Å². The van der Waals surface area contributed by atoms with Gasteiger partial charge in [-0.15, -0.1) is 0 Å². The van der Waals surface area contributed by atoms with Gasteiger partial charge in [0, 0.05) is 26.2 Å². The number of hydrazine groups is 1. The number of hydrogen-bond acceptors (Lipinski definition) is 8. The lowest BCUT2D eigenvalue weighted by molar-refractivity contribution is -0.143. The maximum absolute atomic E-state index is 12.4. The van der Waals surface area contributed by atoms with E-state index in [0.29, 0.717) is 6.54 Å². The highest BCUT2D eigenvalue weighted by Crippen LogP contribution is 2.22. The van der Waals surface area contributed by atoms with E-state index in [4.69, 9.17) is 9.84 Å². The number of amides is 1. The zero-order valence-electron chi connectivity index (χ0n) is 17.2. The van der Waals surface area contributed by atoms with Crippen LogP contribution < -0.4 is 4.90 Å². The van der Waals surface area contributed by atoms with Crippen LogP contribution in [0.4, 0.5) is 10.5 Å². The molecule has 3 fully saturated rings. The van der Waals surface area contributed by atoms with Crippen molar-refractivity contribution in [3.8, 4) is 0 Å². The zero-order valence-corrected chi connectivity index (χ0v) is 17.2. The fourth-order valence-electron chi connectivity index (χ4n) is 4.50. The molecule has 3 saturated heterocycles. The van der Waals surface area contributed by atoms with Gasteiger partial charge in [0.15, 0.2) is 0 Å². The molecule has 1 unspecified atom stereocenters. The number of carboxylic acids is 1. The number of piperidine rings is 1. The van der Waals surface area contributed by atoms with Gasteiger partial charge in [-0.1, -0.05) is 0 Å². The SMILES string of the molecule is O=C(O)C1CCN(CCCC2CN(N3CCN(c4ccnnc4)CC3)C(=O)O2)CC1. The van der Waals surface area contributed by atoms with Gasteiger partial charge in [0.1, 0.15) is 6.10 Å². The first kappa shape index (κ1) is 20.8. The van der Waals surface area contributed by atoms with Crippen molar-refractivity contribution in [1.29, 1.82) is 0 Å². The maximum atomic E-state index is 12.4. The number of rotatable bonds is 7. The summed E-state index contributed by atoms with van der Waals surface area (Å²) in [4.78, 5) is 28.0. The molecule has 30 heavy (non-hydrogen) atoms. The van der Waals surface area contributed by atoms with Gasteiger partial charge in [-0.05, 0) is 51.4 Å². The number of ether oxygens (including phenoxy) is 1. The van der Waals surface area contributed by atoms with Crippen molar-refractivity contribution < 1.29 is 19.4 Å². The van der Waals surface area contributed by atoms with Crippen LogP contribution in [0, 0.1) is 5.92 Å². The number of carbonyl (C=O) groups is 2. The van der Waals surface area contributed by atoms with Crippen LogP contribution in [0.3, 0.4) is 0 Å². The normalized spacial score (nSPS) is 24.3. The first-order valence-electron chi connectivity index (χ1n) is 10.8. The first-order chi connectivity index (χ1) is 14.6. The molecule has 0 spiro atoms. The van der Waals surface area contributed by atoms with Gasteiger partial charge >= 0.3 is 12.1 Å². The molecule has 3 aliphatic heterocycles. The van der Waals surface area contributed by atoms with E-state index in [1.54, 1.807) is 17.4 Å². The summed E-state index contributed by atoms with van der Waals surface area (Å²) < 4.78 is 5.59. The Labute approximate surface area is 176 Å². The predicted octanol–water partition coefficient (Wildman–Crippen LogP) is 0.911. The summed E-state index contributed by atoms with van der Waals surface area (Å²) in [6.07, 6.45) is 6.37. The summed E-state index contributed by atoms with van der Waals surface area (Å²) in [7, 11) is 0. The standard InChI is InChI=1S/C20H30N6O4/c27-19(28)16-4-8-23(9-5-16)7-1-2-18-15-26(20(29)30-18)25-12-10-24(11-13-25)17-3-6-21-22-14-17/h3,6,14,16,18H,1-2,4-5,7-13,15H2,(H,27,28). The van der Waals surface area contributed by atoms with E-state index in [9.17, 15) is 9.59 Å². The summed E-state index contributed by atoms with van der Waals surface area (Å²) in [6.45, 7) is 6.40. The summed E-state index contributed by atoms with van der Waals surface area (Å²) in [5, 5.41) is 20.7. The highest BCUT2D eigenvalue weighted by Gasteiger charge is 2.36. The number of carboxylic acid groups (broad SMARTS) is 1. The number of cyclic esters (lactones) is 1. The number of hydrogen-bond donors (Lipinski definition) is 1. The topological polar surface area (TPSA) is 102 Å². The number of aromatic nitrogens is 2. The van der Waals surface area contributed by atoms with Crippen LogP contribution in [0.2, 0.25) is 0 Å². The third-order valence-corrected chi connectivity index (χ3v) is 6.32. The van der Waals surface area contributed by atoms with E-state index >= 15 is 0 Å². The Bertz CT molecular complexity index is 719. The van der Waals surface area contributed by atoms with Crippen molar-refractivity contribution in [3.05, 3.63) is 18.5 Å². The van der Waals surface area contributed by atoms with Gasteiger partial charge in [-0.2, -0.15) is 10.2 Å². The molecule has 1 aromatic heterocycles. The highest BCUT2D eigenvalue weighted by atomic mass is 16.6. The fraction of sp³-hybridized carbons (Fsp3) is 0.700. The van der Waals surface area contributed by atoms with Crippen LogP contribution in [0.5, 0.6) is 0 Å². The highest BCUT2D eigenvalue weighted by molar-refractivity contribution is 5.70. The second-order valence-electron chi connectivity index (χ2n) is 8.23. The van der Waals surface area contributed by atoms with E-state index < -0.39 is 5.97 Å². The van der Waals surface area contributed by atoms with E-state index in [0.717, 1.165) is 77.2 Å². The summed E-state index contributed by atoms with van der Waals surface area (Å²) >= 11 is 0. The van der Waals surface area contributed by atoms with Crippen molar-refractivity contribution >= 4 is 17.7 Å². The van der Waals surface area contributed by atoms with Gasteiger partial charge in [0.05, 0.1) is 30.5 Å². The summed E-state index contributed by atoms with van der Waals surface area (Å²) in [5.41, 5.74) is 1.05. The molecule has 0 aromatic carbocycles. The minimum absolute atomic E-state index is 0.0727. The molecule has 4 rings (SSSR count). The maximum Gasteiger partial charge on any atom is 0.424 e. The third kappa shape index (κ3) is 4.99. The average molecular weight is 418 g/mol. The molecule has 0 saturated carbocycles. The minimum atomic E-state index is -0.675. The smallest absolute Gasteiger partial charge is 0.424 e. The number of carbonyl (C=O) groups excluding carboxylic acids is 1. The van der Waals surface area contributed by atoms with Crippen LogP contribution in [-0.4, -0.2) is 101 Å². The molecule has 1 aromatic rings. The number of anilines is 1. The van der Waals surface area contributed by atoms with Gasteiger partial charge < -0.3 is 19.6 Å². The summed E-state index contributed by atoms with van der Waals surface area (Å²) in [5.74, 6) is -0.869. The Balaban J connectivity index is 1.17. The third-order valence-electron chi connectivity index (χ3n) is 6.32. The van der Waals surface area contributed by atoms with Gasteiger partial charge in [0.2, 0.25) is 0 Å². The average Bonchev–Trinajstić information content (AvgIpc) is 3.15. The predicted molar refractivity (Wildman–Crippen MR) is 109 cm³/mol. The minimum Gasteiger partial charge on any atom is -0.481 e. The van der Waals surface area contributed by atoms with Crippen molar-refractivity contribution in [2.75, 3.05) is 57.3 Å². The first-order valence-corrected chi connectivity index (χ1v) is 10.8. The lowest BCUT2D eigenvalue weighted by atomic mass is 9.97. The number of piperazine rings is 1. The Hall–Kier alpha value is -2.46. The molecule has 164 valence electrons. The molecule has 1 atom stereocenters. The fourth-order valence-corrected chi connectivity index (χ4v) is 4.50. The molecule has 0 aliphatic carbocycles. The van der Waals surface area contributed by atoms with E-state index in [1.807, 2.05) is 6.07 Å². The monoisotopic (exact) mass is 418 g/mol. The molecule has 1 N–H and O–H groups in total. The molecule has 0 bridgehead atoms. The van der Waals surface area contributed by atoms with Crippen LogP contribution in [-0.2, 0) is 9.53 Å². The largest absolute Gasteiger partial charge is 0.481 e. The lowest BCUT2D eigenvalue weighted by Gasteiger charge is -2.38. The molecular weight excluding hydrogens is 388 g/mol. The summed E-state index contributed by atoms with van der Waals surface area (Å²) in [6, 6.07) is 1.95.